The standard InChI is InChI=1S/C14H24N4O2/c1-13(2,3)10-8-16-11(12(19)17-10)18-6-4-14(20,9-15)5-7-18/h8,20H,4-7,9,15H2,1-3H3,(H,17,19). The molecule has 6 heteroatoms. The molecule has 0 aliphatic carbocycles. The number of piperidine rings is 1. The van der Waals surface area contributed by atoms with Crippen LogP contribution in [0.5, 0.6) is 0 Å². The highest BCUT2D eigenvalue weighted by atomic mass is 16.3. The molecule has 1 aliphatic rings. The van der Waals surface area contributed by atoms with Crippen molar-refractivity contribution < 1.29 is 5.11 Å². The number of anilines is 1. The zero-order chi connectivity index (χ0) is 15.0. The van der Waals surface area contributed by atoms with Gasteiger partial charge in [0.05, 0.1) is 5.60 Å². The molecule has 0 unspecified atom stereocenters. The lowest BCUT2D eigenvalue weighted by molar-refractivity contribution is 0.0248. The number of nitrogens with one attached hydrogen (secondary N) is 1. The summed E-state index contributed by atoms with van der Waals surface area (Å²) in [7, 11) is 0. The van der Waals surface area contributed by atoms with Crippen molar-refractivity contribution in [2.45, 2.75) is 44.6 Å². The van der Waals surface area contributed by atoms with Gasteiger partial charge in [-0.2, -0.15) is 0 Å². The minimum absolute atomic E-state index is 0.133. The van der Waals surface area contributed by atoms with E-state index >= 15 is 0 Å². The summed E-state index contributed by atoms with van der Waals surface area (Å²) in [4.78, 5) is 21.3. The van der Waals surface area contributed by atoms with Gasteiger partial charge in [0.25, 0.3) is 5.56 Å². The highest BCUT2D eigenvalue weighted by molar-refractivity contribution is 5.37. The third kappa shape index (κ3) is 3.02. The molecule has 2 heterocycles. The van der Waals surface area contributed by atoms with Gasteiger partial charge in [0.1, 0.15) is 0 Å². The number of nitrogens with two attached hydrogens (primary N) is 1. The number of rotatable bonds is 2. The molecule has 20 heavy (non-hydrogen) atoms. The summed E-state index contributed by atoms with van der Waals surface area (Å²) in [6.45, 7) is 7.54. The van der Waals surface area contributed by atoms with E-state index in [1.807, 2.05) is 25.7 Å². The maximum atomic E-state index is 12.2. The molecule has 1 aromatic rings. The molecule has 6 nitrogen and oxygen atoms in total. The first kappa shape index (κ1) is 15.0. The van der Waals surface area contributed by atoms with Crippen LogP contribution in [0.3, 0.4) is 0 Å². The molecular formula is C14H24N4O2. The van der Waals surface area contributed by atoms with E-state index in [4.69, 9.17) is 5.73 Å². The average Bonchev–Trinajstić information content (AvgIpc) is 2.39. The van der Waals surface area contributed by atoms with Gasteiger partial charge in [-0.1, -0.05) is 20.8 Å². The number of H-pyrrole nitrogens is 1. The Bertz CT molecular complexity index is 525. The van der Waals surface area contributed by atoms with Crippen LogP contribution in [0.4, 0.5) is 5.82 Å². The van der Waals surface area contributed by atoms with Crippen LogP contribution in [-0.2, 0) is 5.41 Å². The van der Waals surface area contributed by atoms with Gasteiger partial charge in [0, 0.05) is 36.9 Å². The Balaban J connectivity index is 2.18. The van der Waals surface area contributed by atoms with Gasteiger partial charge < -0.3 is 20.7 Å². The van der Waals surface area contributed by atoms with Crippen molar-refractivity contribution in [3.8, 4) is 0 Å². The minimum Gasteiger partial charge on any atom is -0.388 e. The van der Waals surface area contributed by atoms with Crippen LogP contribution >= 0.6 is 0 Å². The second-order valence-corrected chi connectivity index (χ2v) is 6.62. The first-order valence-corrected chi connectivity index (χ1v) is 7.02. The molecule has 2 rings (SSSR count). The van der Waals surface area contributed by atoms with Crippen molar-refractivity contribution in [1.82, 2.24) is 9.97 Å². The SMILES string of the molecule is CC(C)(C)c1cnc(N2CCC(O)(CN)CC2)c(=O)[nH]1. The lowest BCUT2D eigenvalue weighted by Crippen LogP contribution is -2.50. The fourth-order valence-electron chi connectivity index (χ4n) is 2.34. The first-order valence-electron chi connectivity index (χ1n) is 7.02. The molecule has 1 saturated heterocycles. The van der Waals surface area contributed by atoms with E-state index in [1.165, 1.54) is 0 Å². The molecule has 0 bridgehead atoms. The third-order valence-corrected chi connectivity index (χ3v) is 3.95. The number of hydrogen-bond donors (Lipinski definition) is 3. The number of hydrogen-bond acceptors (Lipinski definition) is 5. The largest absolute Gasteiger partial charge is 0.388 e. The van der Waals surface area contributed by atoms with Crippen molar-refractivity contribution in [2.24, 2.45) is 5.73 Å². The van der Waals surface area contributed by atoms with Crippen molar-refractivity contribution in [3.05, 3.63) is 22.2 Å². The smallest absolute Gasteiger partial charge is 0.291 e. The molecule has 1 aromatic heterocycles. The van der Waals surface area contributed by atoms with E-state index in [0.29, 0.717) is 31.7 Å². The maximum Gasteiger partial charge on any atom is 0.291 e. The van der Waals surface area contributed by atoms with Gasteiger partial charge in [-0.25, -0.2) is 4.98 Å². The van der Waals surface area contributed by atoms with Crippen molar-refractivity contribution in [3.63, 3.8) is 0 Å². The van der Waals surface area contributed by atoms with Gasteiger partial charge in [-0.15, -0.1) is 0 Å². The summed E-state index contributed by atoms with van der Waals surface area (Å²) in [5.41, 5.74) is 5.29. The summed E-state index contributed by atoms with van der Waals surface area (Å²) in [5.74, 6) is 0.428. The van der Waals surface area contributed by atoms with Crippen LogP contribution in [0.2, 0.25) is 0 Å². The number of aromatic nitrogens is 2. The molecule has 0 radical (unpaired) electrons. The third-order valence-electron chi connectivity index (χ3n) is 3.95. The molecule has 4 N–H and O–H groups in total. The summed E-state index contributed by atoms with van der Waals surface area (Å²) in [5, 5.41) is 10.1. The quantitative estimate of drug-likeness (QED) is 0.727. The lowest BCUT2D eigenvalue weighted by atomic mass is 9.91. The molecule has 0 spiro atoms. The fourth-order valence-corrected chi connectivity index (χ4v) is 2.34. The van der Waals surface area contributed by atoms with Gasteiger partial charge in [-0.05, 0) is 12.8 Å². The first-order chi connectivity index (χ1) is 9.25. The van der Waals surface area contributed by atoms with E-state index in [-0.39, 0.29) is 17.5 Å². The normalized spacial score (nSPS) is 19.1. The van der Waals surface area contributed by atoms with Crippen molar-refractivity contribution >= 4 is 5.82 Å². The Morgan fingerprint density at radius 3 is 2.50 bits per heavy atom. The van der Waals surface area contributed by atoms with E-state index in [0.717, 1.165) is 5.69 Å². The average molecular weight is 280 g/mol. The summed E-state index contributed by atoms with van der Waals surface area (Å²) in [6.07, 6.45) is 2.84. The highest BCUT2D eigenvalue weighted by Gasteiger charge is 2.32. The zero-order valence-corrected chi connectivity index (χ0v) is 12.4. The minimum atomic E-state index is -0.797. The molecule has 1 fully saturated rings. The van der Waals surface area contributed by atoms with Crippen LogP contribution in [0, 0.1) is 0 Å². The van der Waals surface area contributed by atoms with Crippen molar-refractivity contribution in [2.75, 3.05) is 24.5 Å². The second kappa shape index (κ2) is 5.18. The van der Waals surface area contributed by atoms with Crippen LogP contribution in [-0.4, -0.2) is 40.3 Å². The molecule has 1 aliphatic heterocycles. The number of nitrogens with zero attached hydrogens (tertiary/aromatic N) is 2. The second-order valence-electron chi connectivity index (χ2n) is 6.62. The number of aromatic amines is 1. The van der Waals surface area contributed by atoms with Crippen LogP contribution < -0.4 is 16.2 Å². The van der Waals surface area contributed by atoms with E-state index in [1.54, 1.807) is 6.20 Å². The van der Waals surface area contributed by atoms with Crippen LogP contribution in [0.1, 0.15) is 39.3 Å². The predicted molar refractivity (Wildman–Crippen MR) is 79.0 cm³/mol. The highest BCUT2D eigenvalue weighted by Crippen LogP contribution is 2.23. The lowest BCUT2D eigenvalue weighted by Gasteiger charge is -2.37. The molecular weight excluding hydrogens is 256 g/mol. The molecule has 0 amide bonds. The van der Waals surface area contributed by atoms with E-state index in [9.17, 15) is 9.90 Å². The van der Waals surface area contributed by atoms with Crippen LogP contribution in [0.15, 0.2) is 11.0 Å². The Labute approximate surface area is 119 Å². The Hall–Kier alpha value is -1.40. The number of aliphatic hydroxyl groups is 1. The Kier molecular flexibility index (Phi) is 3.88. The maximum absolute atomic E-state index is 12.2. The topological polar surface area (TPSA) is 95.2 Å². The molecule has 0 atom stereocenters. The van der Waals surface area contributed by atoms with Gasteiger partial charge in [0.15, 0.2) is 5.82 Å². The Morgan fingerprint density at radius 1 is 1.45 bits per heavy atom. The van der Waals surface area contributed by atoms with E-state index in [2.05, 4.69) is 9.97 Å². The van der Waals surface area contributed by atoms with Gasteiger partial charge in [-0.3, -0.25) is 4.79 Å². The molecule has 0 aromatic carbocycles. The molecule has 112 valence electrons. The summed E-state index contributed by atoms with van der Waals surface area (Å²) < 4.78 is 0. The Morgan fingerprint density at radius 2 is 2.05 bits per heavy atom. The van der Waals surface area contributed by atoms with Crippen LogP contribution in [0.25, 0.3) is 0 Å². The molecule has 0 saturated carbocycles. The summed E-state index contributed by atoms with van der Waals surface area (Å²) in [6, 6.07) is 0. The zero-order valence-electron chi connectivity index (χ0n) is 12.4. The van der Waals surface area contributed by atoms with E-state index < -0.39 is 5.60 Å². The summed E-state index contributed by atoms with van der Waals surface area (Å²) >= 11 is 0. The van der Waals surface area contributed by atoms with Gasteiger partial charge in [0.2, 0.25) is 0 Å². The predicted octanol–water partition coefficient (Wildman–Crippen LogP) is 0.357. The fraction of sp³-hybridized carbons (Fsp3) is 0.714. The van der Waals surface area contributed by atoms with Gasteiger partial charge >= 0.3 is 0 Å². The monoisotopic (exact) mass is 280 g/mol. The van der Waals surface area contributed by atoms with Crippen molar-refractivity contribution in [1.29, 1.82) is 0 Å².